The second kappa shape index (κ2) is 6.73. The number of ether oxygens (including phenoxy) is 3. The Labute approximate surface area is 108 Å². The molecule has 0 radical (unpaired) electrons. The lowest BCUT2D eigenvalue weighted by Gasteiger charge is -2.11. The van der Waals surface area contributed by atoms with Gasteiger partial charge in [0.1, 0.15) is 12.4 Å². The first kappa shape index (κ1) is 13.3. The van der Waals surface area contributed by atoms with E-state index in [2.05, 4.69) is 6.07 Å². The Morgan fingerprint density at radius 3 is 2.89 bits per heavy atom. The van der Waals surface area contributed by atoms with Crippen LogP contribution in [0.4, 0.5) is 0 Å². The van der Waals surface area contributed by atoms with Crippen molar-refractivity contribution < 1.29 is 14.2 Å². The Morgan fingerprint density at radius 1 is 1.22 bits per heavy atom. The maximum atomic E-state index is 6.03. The molecule has 1 aliphatic carbocycles. The minimum atomic E-state index is 0.168. The predicted octanol–water partition coefficient (Wildman–Crippen LogP) is 1.67. The molecule has 2 N–H and O–H groups in total. The van der Waals surface area contributed by atoms with Gasteiger partial charge in [-0.25, -0.2) is 0 Å². The van der Waals surface area contributed by atoms with E-state index in [1.165, 1.54) is 11.1 Å². The molecule has 4 nitrogen and oxygen atoms in total. The van der Waals surface area contributed by atoms with E-state index in [1.807, 2.05) is 12.1 Å². The van der Waals surface area contributed by atoms with E-state index in [4.69, 9.17) is 19.9 Å². The van der Waals surface area contributed by atoms with Crippen LogP contribution in [0.2, 0.25) is 0 Å². The average molecular weight is 251 g/mol. The van der Waals surface area contributed by atoms with Gasteiger partial charge < -0.3 is 19.9 Å². The summed E-state index contributed by atoms with van der Waals surface area (Å²) < 4.78 is 16.0. The zero-order valence-electron chi connectivity index (χ0n) is 10.9. The van der Waals surface area contributed by atoms with Gasteiger partial charge in [-0.15, -0.1) is 0 Å². The largest absolute Gasteiger partial charge is 0.491 e. The molecule has 0 aromatic heterocycles. The molecule has 0 saturated heterocycles. The van der Waals surface area contributed by atoms with Crippen LogP contribution in [-0.4, -0.2) is 33.5 Å². The van der Waals surface area contributed by atoms with Crippen molar-refractivity contribution in [1.29, 1.82) is 0 Å². The molecule has 0 aliphatic heterocycles. The SMILES string of the molecule is COCCOCCOc1cccc2c1CCC2N. The molecule has 0 saturated carbocycles. The van der Waals surface area contributed by atoms with Crippen molar-refractivity contribution >= 4 is 0 Å². The lowest BCUT2D eigenvalue weighted by Crippen LogP contribution is -2.11. The molecule has 1 unspecified atom stereocenters. The van der Waals surface area contributed by atoms with Crippen LogP contribution in [0.1, 0.15) is 23.6 Å². The van der Waals surface area contributed by atoms with E-state index in [0.717, 1.165) is 18.6 Å². The van der Waals surface area contributed by atoms with Crippen molar-refractivity contribution in [3.63, 3.8) is 0 Å². The van der Waals surface area contributed by atoms with E-state index < -0.39 is 0 Å². The standard InChI is InChI=1S/C14H21NO3/c1-16-7-8-17-9-10-18-14-4-2-3-11-12(14)5-6-13(11)15/h2-4,13H,5-10,15H2,1H3. The molecular weight excluding hydrogens is 230 g/mol. The van der Waals surface area contributed by atoms with Crippen molar-refractivity contribution in [3.05, 3.63) is 29.3 Å². The Bertz CT molecular complexity index is 381. The van der Waals surface area contributed by atoms with Gasteiger partial charge in [0.25, 0.3) is 0 Å². The molecule has 1 aromatic carbocycles. The molecule has 18 heavy (non-hydrogen) atoms. The highest BCUT2D eigenvalue weighted by molar-refractivity contribution is 5.44. The fourth-order valence-electron chi connectivity index (χ4n) is 2.24. The fourth-order valence-corrected chi connectivity index (χ4v) is 2.24. The third kappa shape index (κ3) is 3.22. The summed E-state index contributed by atoms with van der Waals surface area (Å²) >= 11 is 0. The average Bonchev–Trinajstić information content (AvgIpc) is 2.77. The zero-order valence-corrected chi connectivity index (χ0v) is 10.9. The monoisotopic (exact) mass is 251 g/mol. The van der Waals surface area contributed by atoms with Crippen LogP contribution in [0.15, 0.2) is 18.2 Å². The van der Waals surface area contributed by atoms with E-state index >= 15 is 0 Å². The number of methoxy groups -OCH3 is 1. The minimum Gasteiger partial charge on any atom is -0.491 e. The highest BCUT2D eigenvalue weighted by atomic mass is 16.5. The third-order valence-electron chi connectivity index (χ3n) is 3.19. The van der Waals surface area contributed by atoms with Gasteiger partial charge in [0.15, 0.2) is 0 Å². The summed E-state index contributed by atoms with van der Waals surface area (Å²) in [6.07, 6.45) is 2.03. The highest BCUT2D eigenvalue weighted by Gasteiger charge is 2.21. The van der Waals surface area contributed by atoms with Crippen LogP contribution < -0.4 is 10.5 Å². The number of nitrogens with two attached hydrogens (primary N) is 1. The normalized spacial score (nSPS) is 17.8. The fraction of sp³-hybridized carbons (Fsp3) is 0.571. The Hall–Kier alpha value is -1.10. The van der Waals surface area contributed by atoms with Crippen molar-refractivity contribution in [2.45, 2.75) is 18.9 Å². The van der Waals surface area contributed by atoms with Crippen LogP contribution in [0.3, 0.4) is 0 Å². The van der Waals surface area contributed by atoms with Crippen molar-refractivity contribution in [1.82, 2.24) is 0 Å². The first-order chi connectivity index (χ1) is 8.83. The zero-order chi connectivity index (χ0) is 12.8. The van der Waals surface area contributed by atoms with E-state index in [0.29, 0.717) is 26.4 Å². The number of rotatable bonds is 7. The van der Waals surface area contributed by atoms with Crippen LogP contribution in [0.25, 0.3) is 0 Å². The van der Waals surface area contributed by atoms with Crippen molar-refractivity contribution in [3.8, 4) is 5.75 Å². The molecule has 0 heterocycles. The summed E-state index contributed by atoms with van der Waals surface area (Å²) in [5.41, 5.74) is 8.53. The van der Waals surface area contributed by atoms with Gasteiger partial charge in [0.05, 0.1) is 19.8 Å². The Kier molecular flexibility index (Phi) is 4.99. The molecule has 1 aliphatic rings. The molecule has 2 rings (SSSR count). The summed E-state index contributed by atoms with van der Waals surface area (Å²) in [5, 5.41) is 0. The van der Waals surface area contributed by atoms with Gasteiger partial charge in [-0.3, -0.25) is 0 Å². The molecule has 100 valence electrons. The quantitative estimate of drug-likeness (QED) is 0.749. The van der Waals surface area contributed by atoms with Gasteiger partial charge in [-0.1, -0.05) is 12.1 Å². The summed E-state index contributed by atoms with van der Waals surface area (Å²) in [7, 11) is 1.66. The first-order valence-electron chi connectivity index (χ1n) is 6.39. The third-order valence-corrected chi connectivity index (χ3v) is 3.19. The van der Waals surface area contributed by atoms with Gasteiger partial charge in [0.2, 0.25) is 0 Å². The van der Waals surface area contributed by atoms with Crippen LogP contribution in [0.5, 0.6) is 5.75 Å². The summed E-state index contributed by atoms with van der Waals surface area (Å²) in [6.45, 7) is 2.38. The molecular formula is C14H21NO3. The smallest absolute Gasteiger partial charge is 0.122 e. The van der Waals surface area contributed by atoms with Crippen LogP contribution >= 0.6 is 0 Å². The topological polar surface area (TPSA) is 53.7 Å². The number of hydrogen-bond acceptors (Lipinski definition) is 4. The summed E-state index contributed by atoms with van der Waals surface area (Å²) in [6, 6.07) is 6.27. The second-order valence-corrected chi connectivity index (χ2v) is 4.42. The molecule has 0 amide bonds. The molecule has 0 spiro atoms. The molecule has 1 atom stereocenters. The second-order valence-electron chi connectivity index (χ2n) is 4.42. The van der Waals surface area contributed by atoms with E-state index in [1.54, 1.807) is 7.11 Å². The van der Waals surface area contributed by atoms with E-state index in [9.17, 15) is 0 Å². The van der Waals surface area contributed by atoms with Gasteiger partial charge in [-0.05, 0) is 30.0 Å². The Balaban J connectivity index is 1.80. The van der Waals surface area contributed by atoms with Crippen LogP contribution in [-0.2, 0) is 15.9 Å². The Morgan fingerprint density at radius 2 is 2.06 bits per heavy atom. The van der Waals surface area contributed by atoms with Gasteiger partial charge in [0, 0.05) is 13.2 Å². The molecule has 1 aromatic rings. The van der Waals surface area contributed by atoms with Gasteiger partial charge in [-0.2, -0.15) is 0 Å². The first-order valence-corrected chi connectivity index (χ1v) is 6.39. The summed E-state index contributed by atoms with van der Waals surface area (Å²) in [4.78, 5) is 0. The van der Waals surface area contributed by atoms with Gasteiger partial charge >= 0.3 is 0 Å². The number of fused-ring (bicyclic) bond motifs is 1. The van der Waals surface area contributed by atoms with Crippen molar-refractivity contribution in [2.24, 2.45) is 5.73 Å². The lowest BCUT2D eigenvalue weighted by molar-refractivity contribution is 0.0543. The molecule has 0 bridgehead atoms. The maximum absolute atomic E-state index is 6.03. The van der Waals surface area contributed by atoms with Crippen molar-refractivity contribution in [2.75, 3.05) is 33.5 Å². The predicted molar refractivity (Wildman–Crippen MR) is 69.9 cm³/mol. The highest BCUT2D eigenvalue weighted by Crippen LogP contribution is 2.35. The summed E-state index contributed by atoms with van der Waals surface area (Å²) in [5.74, 6) is 0.954. The van der Waals surface area contributed by atoms with E-state index in [-0.39, 0.29) is 6.04 Å². The van der Waals surface area contributed by atoms with Crippen LogP contribution in [0, 0.1) is 0 Å². The lowest BCUT2D eigenvalue weighted by atomic mass is 10.1. The molecule has 0 fully saturated rings. The number of benzene rings is 1. The maximum Gasteiger partial charge on any atom is 0.122 e. The minimum absolute atomic E-state index is 0.168. The number of hydrogen-bond donors (Lipinski definition) is 1. The molecule has 4 heteroatoms.